The number of hydrogen-bond acceptors (Lipinski definition) is 2. The number of carbonyl (C=O) groups excluding carboxylic acids is 1. The fourth-order valence-electron chi connectivity index (χ4n) is 2.43. The molecule has 1 aliphatic rings. The number of halogens is 2. The van der Waals surface area contributed by atoms with Gasteiger partial charge in [0.25, 0.3) is 0 Å². The van der Waals surface area contributed by atoms with Crippen molar-refractivity contribution in [2.75, 3.05) is 13.1 Å². The van der Waals surface area contributed by atoms with E-state index in [0.29, 0.717) is 0 Å². The van der Waals surface area contributed by atoms with Crippen LogP contribution in [-0.4, -0.2) is 29.3 Å². The van der Waals surface area contributed by atoms with Crippen LogP contribution in [0.1, 0.15) is 37.0 Å². The number of likely N-dealkylation sites (tertiary alicyclic amines) is 1. The standard InChI is InChI=1S/C14H17F2NO/c1-14(2,17-8-3-4-9-17)13(18)10-6-5-7-11(15)12(10)16/h5-7H,3-4,8-9H2,1-2H3. The monoisotopic (exact) mass is 253 g/mol. The Hall–Kier alpha value is -1.29. The highest BCUT2D eigenvalue weighted by Crippen LogP contribution is 2.26. The number of ketones is 1. The van der Waals surface area contributed by atoms with Crippen LogP contribution in [0.5, 0.6) is 0 Å². The quantitative estimate of drug-likeness (QED) is 0.772. The predicted molar refractivity (Wildman–Crippen MR) is 65.6 cm³/mol. The van der Waals surface area contributed by atoms with Gasteiger partial charge in [0.05, 0.1) is 11.1 Å². The highest BCUT2D eigenvalue weighted by atomic mass is 19.2. The van der Waals surface area contributed by atoms with Gasteiger partial charge in [-0.05, 0) is 51.9 Å². The van der Waals surface area contributed by atoms with E-state index in [2.05, 4.69) is 0 Å². The zero-order valence-corrected chi connectivity index (χ0v) is 10.7. The first-order chi connectivity index (χ1) is 8.44. The molecular formula is C14H17F2NO. The Kier molecular flexibility index (Phi) is 3.48. The fraction of sp³-hybridized carbons (Fsp3) is 0.500. The van der Waals surface area contributed by atoms with Crippen LogP contribution in [0.15, 0.2) is 18.2 Å². The number of hydrogen-bond donors (Lipinski definition) is 0. The molecule has 1 saturated heterocycles. The van der Waals surface area contributed by atoms with E-state index in [4.69, 9.17) is 0 Å². The Balaban J connectivity index is 2.32. The molecule has 0 N–H and O–H groups in total. The van der Waals surface area contributed by atoms with Crippen molar-refractivity contribution in [2.24, 2.45) is 0 Å². The molecule has 0 aliphatic carbocycles. The van der Waals surface area contributed by atoms with Crippen molar-refractivity contribution >= 4 is 5.78 Å². The summed E-state index contributed by atoms with van der Waals surface area (Å²) < 4.78 is 26.8. The lowest BCUT2D eigenvalue weighted by Crippen LogP contribution is -2.48. The molecule has 0 saturated carbocycles. The van der Waals surface area contributed by atoms with E-state index in [0.717, 1.165) is 32.0 Å². The van der Waals surface area contributed by atoms with Crippen molar-refractivity contribution in [3.63, 3.8) is 0 Å². The lowest BCUT2D eigenvalue weighted by atomic mass is 9.91. The highest BCUT2D eigenvalue weighted by molar-refractivity contribution is 6.02. The molecule has 4 heteroatoms. The van der Waals surface area contributed by atoms with E-state index in [9.17, 15) is 13.6 Å². The molecule has 1 aromatic rings. The van der Waals surface area contributed by atoms with E-state index in [-0.39, 0.29) is 11.3 Å². The lowest BCUT2D eigenvalue weighted by Gasteiger charge is -2.34. The van der Waals surface area contributed by atoms with Crippen molar-refractivity contribution in [1.82, 2.24) is 4.90 Å². The van der Waals surface area contributed by atoms with Gasteiger partial charge in [0, 0.05) is 0 Å². The number of rotatable bonds is 3. The smallest absolute Gasteiger partial charge is 0.185 e. The van der Waals surface area contributed by atoms with Gasteiger partial charge in [-0.1, -0.05) is 6.07 Å². The zero-order valence-electron chi connectivity index (χ0n) is 10.7. The minimum Gasteiger partial charge on any atom is -0.292 e. The SMILES string of the molecule is CC(C)(C(=O)c1cccc(F)c1F)N1CCCC1. The maximum atomic E-state index is 13.7. The van der Waals surface area contributed by atoms with Crippen LogP contribution in [0.3, 0.4) is 0 Å². The second-order valence-corrected chi connectivity index (χ2v) is 5.18. The second-order valence-electron chi connectivity index (χ2n) is 5.18. The average molecular weight is 253 g/mol. The normalized spacial score (nSPS) is 17.1. The number of benzene rings is 1. The Morgan fingerprint density at radius 1 is 1.22 bits per heavy atom. The summed E-state index contributed by atoms with van der Waals surface area (Å²) in [5.74, 6) is -2.38. The molecule has 0 aromatic heterocycles. The molecule has 1 fully saturated rings. The van der Waals surface area contributed by atoms with Gasteiger partial charge < -0.3 is 0 Å². The summed E-state index contributed by atoms with van der Waals surface area (Å²) in [5.41, 5.74) is -0.947. The second kappa shape index (κ2) is 4.76. The summed E-state index contributed by atoms with van der Waals surface area (Å²) in [6, 6.07) is 3.74. The molecule has 2 rings (SSSR count). The van der Waals surface area contributed by atoms with Crippen LogP contribution in [0.25, 0.3) is 0 Å². The highest BCUT2D eigenvalue weighted by Gasteiger charge is 2.37. The predicted octanol–water partition coefficient (Wildman–Crippen LogP) is 3.02. The van der Waals surface area contributed by atoms with Crippen LogP contribution >= 0.6 is 0 Å². The molecule has 1 aromatic carbocycles. The molecule has 98 valence electrons. The topological polar surface area (TPSA) is 20.3 Å². The third-order valence-corrected chi connectivity index (χ3v) is 3.65. The number of carbonyl (C=O) groups is 1. The first-order valence-corrected chi connectivity index (χ1v) is 6.18. The third kappa shape index (κ3) is 2.17. The van der Waals surface area contributed by atoms with Crippen molar-refractivity contribution in [2.45, 2.75) is 32.2 Å². The number of Topliss-reactive ketones (excluding diaryl/α,β-unsaturated/α-hetero) is 1. The third-order valence-electron chi connectivity index (χ3n) is 3.65. The first-order valence-electron chi connectivity index (χ1n) is 6.18. The first kappa shape index (κ1) is 13.1. The Morgan fingerprint density at radius 3 is 2.44 bits per heavy atom. The molecule has 1 heterocycles. The maximum Gasteiger partial charge on any atom is 0.185 e. The average Bonchev–Trinajstić information content (AvgIpc) is 2.86. The largest absolute Gasteiger partial charge is 0.292 e. The van der Waals surface area contributed by atoms with E-state index in [1.165, 1.54) is 12.1 Å². The van der Waals surface area contributed by atoms with Gasteiger partial charge in [-0.2, -0.15) is 0 Å². The minimum absolute atomic E-state index is 0.160. The zero-order chi connectivity index (χ0) is 13.3. The van der Waals surface area contributed by atoms with Crippen LogP contribution in [0.4, 0.5) is 8.78 Å². The summed E-state index contributed by atoms with van der Waals surface area (Å²) in [7, 11) is 0. The van der Waals surface area contributed by atoms with Crippen molar-refractivity contribution in [3.05, 3.63) is 35.4 Å². The summed E-state index contributed by atoms with van der Waals surface area (Å²) in [6.45, 7) is 5.20. The van der Waals surface area contributed by atoms with E-state index in [1.54, 1.807) is 13.8 Å². The molecule has 18 heavy (non-hydrogen) atoms. The van der Waals surface area contributed by atoms with Gasteiger partial charge in [0.2, 0.25) is 0 Å². The van der Waals surface area contributed by atoms with E-state index >= 15 is 0 Å². The van der Waals surface area contributed by atoms with Gasteiger partial charge in [0.15, 0.2) is 17.4 Å². The summed E-state index contributed by atoms with van der Waals surface area (Å²) in [4.78, 5) is 14.4. The van der Waals surface area contributed by atoms with Crippen molar-refractivity contribution in [3.8, 4) is 0 Å². The van der Waals surface area contributed by atoms with Gasteiger partial charge in [-0.15, -0.1) is 0 Å². The molecule has 2 nitrogen and oxygen atoms in total. The van der Waals surface area contributed by atoms with Gasteiger partial charge >= 0.3 is 0 Å². The van der Waals surface area contributed by atoms with Crippen LogP contribution in [0, 0.1) is 11.6 Å². The Morgan fingerprint density at radius 2 is 1.83 bits per heavy atom. The van der Waals surface area contributed by atoms with Gasteiger partial charge in [-0.25, -0.2) is 8.78 Å². The van der Waals surface area contributed by atoms with Crippen LogP contribution in [-0.2, 0) is 0 Å². The molecule has 0 radical (unpaired) electrons. The Bertz CT molecular complexity index is 465. The minimum atomic E-state index is -1.05. The van der Waals surface area contributed by atoms with Crippen LogP contribution < -0.4 is 0 Å². The van der Waals surface area contributed by atoms with Crippen LogP contribution in [0.2, 0.25) is 0 Å². The van der Waals surface area contributed by atoms with Gasteiger partial charge in [-0.3, -0.25) is 9.69 Å². The summed E-state index contributed by atoms with van der Waals surface area (Å²) >= 11 is 0. The molecule has 0 atom stereocenters. The fourth-order valence-corrected chi connectivity index (χ4v) is 2.43. The van der Waals surface area contributed by atoms with E-state index in [1.807, 2.05) is 4.90 Å². The molecule has 0 bridgehead atoms. The molecule has 1 aliphatic heterocycles. The maximum absolute atomic E-state index is 13.7. The molecular weight excluding hydrogens is 236 g/mol. The number of nitrogens with zero attached hydrogens (tertiary/aromatic N) is 1. The Labute approximate surface area is 106 Å². The lowest BCUT2D eigenvalue weighted by molar-refractivity contribution is 0.0697. The van der Waals surface area contributed by atoms with Crippen molar-refractivity contribution < 1.29 is 13.6 Å². The summed E-state index contributed by atoms with van der Waals surface area (Å²) in [5, 5.41) is 0. The van der Waals surface area contributed by atoms with Crippen molar-refractivity contribution in [1.29, 1.82) is 0 Å². The molecule has 0 spiro atoms. The van der Waals surface area contributed by atoms with E-state index < -0.39 is 17.2 Å². The molecule has 0 unspecified atom stereocenters. The van der Waals surface area contributed by atoms with Gasteiger partial charge in [0.1, 0.15) is 0 Å². The summed E-state index contributed by atoms with van der Waals surface area (Å²) in [6.07, 6.45) is 2.09. The molecule has 0 amide bonds.